The SMILES string of the molecule is CCCNC(=O)CNC(=O)c1c(C)nsc1NC. The Balaban J connectivity index is 2.55. The predicted molar refractivity (Wildman–Crippen MR) is 72.0 cm³/mol. The quantitative estimate of drug-likeness (QED) is 0.712. The summed E-state index contributed by atoms with van der Waals surface area (Å²) >= 11 is 1.23. The third-order valence-electron chi connectivity index (χ3n) is 2.30. The van der Waals surface area contributed by atoms with E-state index in [1.54, 1.807) is 14.0 Å². The van der Waals surface area contributed by atoms with Crippen LogP contribution in [0.2, 0.25) is 0 Å². The van der Waals surface area contributed by atoms with Gasteiger partial charge in [-0.2, -0.15) is 4.37 Å². The van der Waals surface area contributed by atoms with Crippen molar-refractivity contribution < 1.29 is 9.59 Å². The number of rotatable bonds is 6. The van der Waals surface area contributed by atoms with Crippen LogP contribution in [0.1, 0.15) is 29.4 Å². The minimum atomic E-state index is -0.280. The maximum Gasteiger partial charge on any atom is 0.256 e. The van der Waals surface area contributed by atoms with Crippen LogP contribution in [-0.2, 0) is 4.79 Å². The zero-order chi connectivity index (χ0) is 13.5. The van der Waals surface area contributed by atoms with Crippen LogP contribution in [0.4, 0.5) is 5.00 Å². The van der Waals surface area contributed by atoms with Crippen molar-refractivity contribution in [1.29, 1.82) is 0 Å². The van der Waals surface area contributed by atoms with Crippen molar-refractivity contribution in [3.05, 3.63) is 11.3 Å². The van der Waals surface area contributed by atoms with E-state index in [0.717, 1.165) is 6.42 Å². The summed E-state index contributed by atoms with van der Waals surface area (Å²) in [4.78, 5) is 23.3. The highest BCUT2D eigenvalue weighted by molar-refractivity contribution is 7.10. The maximum absolute atomic E-state index is 11.9. The number of nitrogens with one attached hydrogen (secondary N) is 3. The fourth-order valence-electron chi connectivity index (χ4n) is 1.38. The molecule has 1 aromatic heterocycles. The first kappa shape index (κ1) is 14.4. The number of carbonyl (C=O) groups excluding carboxylic acids is 2. The normalized spacial score (nSPS) is 9.94. The largest absolute Gasteiger partial charge is 0.378 e. The summed E-state index contributed by atoms with van der Waals surface area (Å²) in [5.74, 6) is -0.464. The number of aryl methyl sites for hydroxylation is 1. The Morgan fingerprint density at radius 2 is 2.06 bits per heavy atom. The molecule has 7 heteroatoms. The van der Waals surface area contributed by atoms with Crippen molar-refractivity contribution in [2.75, 3.05) is 25.5 Å². The van der Waals surface area contributed by atoms with Gasteiger partial charge in [-0.05, 0) is 24.9 Å². The van der Waals surface area contributed by atoms with Gasteiger partial charge in [-0.15, -0.1) is 0 Å². The number of anilines is 1. The molecule has 2 amide bonds. The number of nitrogens with zero attached hydrogens (tertiary/aromatic N) is 1. The molecule has 1 aromatic rings. The number of carbonyl (C=O) groups is 2. The molecule has 0 bridgehead atoms. The minimum Gasteiger partial charge on any atom is -0.378 e. The summed E-state index contributed by atoms with van der Waals surface area (Å²) in [6.45, 7) is 4.34. The van der Waals surface area contributed by atoms with Crippen molar-refractivity contribution in [2.45, 2.75) is 20.3 Å². The fourth-order valence-corrected chi connectivity index (χ4v) is 2.13. The van der Waals surface area contributed by atoms with E-state index in [9.17, 15) is 9.59 Å². The van der Waals surface area contributed by atoms with Crippen LogP contribution in [0.25, 0.3) is 0 Å². The first-order valence-corrected chi connectivity index (χ1v) is 6.56. The summed E-state index contributed by atoms with van der Waals surface area (Å²) in [6.07, 6.45) is 0.872. The van der Waals surface area contributed by atoms with Crippen molar-refractivity contribution in [3.8, 4) is 0 Å². The fraction of sp³-hybridized carbons (Fsp3) is 0.545. The topological polar surface area (TPSA) is 83.1 Å². The number of aromatic nitrogens is 1. The van der Waals surface area contributed by atoms with Crippen LogP contribution in [0.3, 0.4) is 0 Å². The van der Waals surface area contributed by atoms with Gasteiger partial charge in [-0.1, -0.05) is 6.92 Å². The average molecular weight is 270 g/mol. The summed E-state index contributed by atoms with van der Waals surface area (Å²) < 4.78 is 4.10. The van der Waals surface area contributed by atoms with Gasteiger partial charge in [0.2, 0.25) is 5.91 Å². The van der Waals surface area contributed by atoms with Gasteiger partial charge in [0.15, 0.2) is 0 Å². The maximum atomic E-state index is 11.9. The molecule has 18 heavy (non-hydrogen) atoms. The van der Waals surface area contributed by atoms with Crippen LogP contribution in [-0.4, -0.2) is 36.3 Å². The molecule has 1 rings (SSSR count). The Morgan fingerprint density at radius 1 is 1.33 bits per heavy atom. The molecule has 0 spiro atoms. The number of hydrogen-bond acceptors (Lipinski definition) is 5. The van der Waals surface area contributed by atoms with E-state index in [4.69, 9.17) is 0 Å². The smallest absolute Gasteiger partial charge is 0.256 e. The van der Waals surface area contributed by atoms with E-state index < -0.39 is 0 Å². The van der Waals surface area contributed by atoms with Gasteiger partial charge in [-0.25, -0.2) is 0 Å². The molecule has 0 aromatic carbocycles. The van der Waals surface area contributed by atoms with Gasteiger partial charge in [0.25, 0.3) is 5.91 Å². The zero-order valence-electron chi connectivity index (χ0n) is 10.8. The molecule has 100 valence electrons. The molecule has 0 aliphatic heterocycles. The Bertz CT molecular complexity index is 431. The third kappa shape index (κ3) is 3.69. The van der Waals surface area contributed by atoms with Crippen molar-refractivity contribution in [2.24, 2.45) is 0 Å². The molecule has 0 radical (unpaired) electrons. The lowest BCUT2D eigenvalue weighted by atomic mass is 10.2. The molecule has 0 saturated carbocycles. The van der Waals surface area contributed by atoms with Gasteiger partial charge in [0, 0.05) is 13.6 Å². The standard InChI is InChI=1S/C11H18N4O2S/c1-4-5-13-8(16)6-14-10(17)9-7(2)15-18-11(9)12-3/h12H,4-6H2,1-3H3,(H,13,16)(H,14,17). The lowest BCUT2D eigenvalue weighted by molar-refractivity contribution is -0.120. The Kier molecular flexibility index (Phi) is 5.57. The van der Waals surface area contributed by atoms with E-state index in [1.165, 1.54) is 11.5 Å². The van der Waals surface area contributed by atoms with Gasteiger partial charge in [0.1, 0.15) is 5.00 Å². The van der Waals surface area contributed by atoms with Crippen LogP contribution in [0.5, 0.6) is 0 Å². The molecule has 3 N–H and O–H groups in total. The second kappa shape index (κ2) is 6.95. The molecular weight excluding hydrogens is 252 g/mol. The van der Waals surface area contributed by atoms with E-state index in [0.29, 0.717) is 22.8 Å². The van der Waals surface area contributed by atoms with Gasteiger partial charge in [-0.3, -0.25) is 9.59 Å². The molecule has 0 aliphatic carbocycles. The Labute approximate surface area is 110 Å². The number of amides is 2. The molecular formula is C11H18N4O2S. The summed E-state index contributed by atoms with van der Waals surface area (Å²) in [6, 6.07) is 0. The van der Waals surface area contributed by atoms with Crippen molar-refractivity contribution in [3.63, 3.8) is 0 Å². The summed E-state index contributed by atoms with van der Waals surface area (Å²) in [7, 11) is 1.73. The van der Waals surface area contributed by atoms with Crippen molar-refractivity contribution in [1.82, 2.24) is 15.0 Å². The molecule has 0 saturated heterocycles. The highest BCUT2D eigenvalue weighted by atomic mass is 32.1. The van der Waals surface area contributed by atoms with Gasteiger partial charge in [0.05, 0.1) is 17.8 Å². The van der Waals surface area contributed by atoms with Gasteiger partial charge >= 0.3 is 0 Å². The highest BCUT2D eigenvalue weighted by Gasteiger charge is 2.17. The number of hydrogen-bond donors (Lipinski definition) is 3. The van der Waals surface area contributed by atoms with Crippen molar-refractivity contribution >= 4 is 28.3 Å². The molecule has 0 unspecified atom stereocenters. The minimum absolute atomic E-state index is 0.0166. The molecule has 6 nitrogen and oxygen atoms in total. The highest BCUT2D eigenvalue weighted by Crippen LogP contribution is 2.23. The van der Waals surface area contributed by atoms with Crippen LogP contribution in [0.15, 0.2) is 0 Å². The second-order valence-corrected chi connectivity index (χ2v) is 4.53. The van der Waals surface area contributed by atoms with E-state index >= 15 is 0 Å². The van der Waals surface area contributed by atoms with Crippen LogP contribution in [0, 0.1) is 6.92 Å². The van der Waals surface area contributed by atoms with Crippen LogP contribution < -0.4 is 16.0 Å². The Hall–Kier alpha value is -1.63. The monoisotopic (exact) mass is 270 g/mol. The third-order valence-corrected chi connectivity index (χ3v) is 3.25. The summed E-state index contributed by atoms with van der Waals surface area (Å²) in [5.41, 5.74) is 1.17. The van der Waals surface area contributed by atoms with Crippen LogP contribution >= 0.6 is 11.5 Å². The first-order chi connectivity index (χ1) is 8.60. The lowest BCUT2D eigenvalue weighted by Crippen LogP contribution is -2.37. The average Bonchev–Trinajstić information content (AvgIpc) is 2.74. The molecule has 0 aliphatic rings. The molecule has 0 atom stereocenters. The zero-order valence-corrected chi connectivity index (χ0v) is 11.6. The van der Waals surface area contributed by atoms with Gasteiger partial charge < -0.3 is 16.0 Å². The van der Waals surface area contributed by atoms with E-state index in [1.807, 2.05) is 6.92 Å². The van der Waals surface area contributed by atoms with E-state index in [-0.39, 0.29) is 18.4 Å². The first-order valence-electron chi connectivity index (χ1n) is 5.79. The second-order valence-electron chi connectivity index (χ2n) is 3.75. The molecule has 1 heterocycles. The Morgan fingerprint density at radius 3 is 2.67 bits per heavy atom. The lowest BCUT2D eigenvalue weighted by Gasteiger charge is -2.06. The molecule has 0 fully saturated rings. The predicted octanol–water partition coefficient (Wildman–Crippen LogP) is 0.749. The van der Waals surface area contributed by atoms with E-state index in [2.05, 4.69) is 20.3 Å². The summed E-state index contributed by atoms with van der Waals surface area (Å²) in [5, 5.41) is 8.90.